The fraction of sp³-hybridized carbons (Fsp3) is 0.444. The van der Waals surface area contributed by atoms with Gasteiger partial charge in [0.15, 0.2) is 5.65 Å². The zero-order valence-electron chi connectivity index (χ0n) is 8.89. The first kappa shape index (κ1) is 9.70. The smallest absolute Gasteiger partial charge is 0.300 e. The molecule has 0 radical (unpaired) electrons. The van der Waals surface area contributed by atoms with Gasteiger partial charge in [0.05, 0.1) is 12.8 Å². The number of rotatable bonds is 2. The molecule has 0 spiro atoms. The first-order chi connectivity index (χ1) is 7.15. The fourth-order valence-corrected chi connectivity index (χ4v) is 1.41. The third kappa shape index (κ3) is 1.38. The van der Waals surface area contributed by atoms with E-state index >= 15 is 0 Å². The summed E-state index contributed by atoms with van der Waals surface area (Å²) >= 11 is 0. The van der Waals surface area contributed by atoms with E-state index in [2.05, 4.69) is 10.1 Å². The Hall–Kier alpha value is -1.85. The van der Waals surface area contributed by atoms with Gasteiger partial charge in [-0.1, -0.05) is 0 Å². The van der Waals surface area contributed by atoms with Crippen molar-refractivity contribution in [3.63, 3.8) is 0 Å². The number of nitrogens with zero attached hydrogens (tertiary/aromatic N) is 4. The van der Waals surface area contributed by atoms with Crippen LogP contribution in [-0.4, -0.2) is 25.9 Å². The molecule has 6 nitrogen and oxygen atoms in total. The number of fused-ring (bicyclic) bond motifs is 1. The highest BCUT2D eigenvalue weighted by Gasteiger charge is 2.11. The van der Waals surface area contributed by atoms with Crippen LogP contribution in [0.5, 0.6) is 6.01 Å². The summed E-state index contributed by atoms with van der Waals surface area (Å²) in [5.74, 6) is 0. The van der Waals surface area contributed by atoms with Crippen LogP contribution in [0.3, 0.4) is 0 Å². The molecular formula is C9H12N4O2. The monoisotopic (exact) mass is 208 g/mol. The van der Waals surface area contributed by atoms with Crippen LogP contribution in [0.4, 0.5) is 0 Å². The molecule has 0 saturated carbocycles. The normalized spacial score (nSPS) is 10.9. The minimum absolute atomic E-state index is 0.142. The van der Waals surface area contributed by atoms with Crippen molar-refractivity contribution in [1.29, 1.82) is 0 Å². The summed E-state index contributed by atoms with van der Waals surface area (Å²) in [4.78, 5) is 16.1. The summed E-state index contributed by atoms with van der Waals surface area (Å²) < 4.78 is 8.20. The van der Waals surface area contributed by atoms with Crippen molar-refractivity contribution < 1.29 is 4.74 Å². The van der Waals surface area contributed by atoms with E-state index < -0.39 is 0 Å². The summed E-state index contributed by atoms with van der Waals surface area (Å²) in [6.07, 6.45) is 1.51. The molecule has 2 rings (SSSR count). The topological polar surface area (TPSA) is 61.9 Å². The largest absolute Gasteiger partial charge is 0.465 e. The SMILES string of the molecule is CCOc1nc2c(cnn2C)c(=O)n1C. The van der Waals surface area contributed by atoms with Gasteiger partial charge in [0.1, 0.15) is 5.39 Å². The Morgan fingerprint density at radius 1 is 1.47 bits per heavy atom. The summed E-state index contributed by atoms with van der Waals surface area (Å²) in [6, 6.07) is 0.318. The van der Waals surface area contributed by atoms with Crippen LogP contribution in [0.2, 0.25) is 0 Å². The van der Waals surface area contributed by atoms with Gasteiger partial charge in [0.2, 0.25) is 0 Å². The van der Waals surface area contributed by atoms with Crippen LogP contribution in [0.1, 0.15) is 6.92 Å². The van der Waals surface area contributed by atoms with E-state index in [0.717, 1.165) is 0 Å². The van der Waals surface area contributed by atoms with E-state index in [1.165, 1.54) is 10.8 Å². The minimum Gasteiger partial charge on any atom is -0.465 e. The van der Waals surface area contributed by atoms with Gasteiger partial charge in [-0.3, -0.25) is 14.0 Å². The summed E-state index contributed by atoms with van der Waals surface area (Å²) in [6.45, 7) is 2.32. The number of hydrogen-bond acceptors (Lipinski definition) is 4. The molecule has 0 aliphatic carbocycles. The molecule has 80 valence electrons. The Labute approximate surface area is 86.1 Å². The molecule has 2 heterocycles. The van der Waals surface area contributed by atoms with Crippen molar-refractivity contribution in [1.82, 2.24) is 19.3 Å². The van der Waals surface area contributed by atoms with Crippen molar-refractivity contribution >= 4 is 11.0 Å². The van der Waals surface area contributed by atoms with Gasteiger partial charge in [-0.15, -0.1) is 0 Å². The molecule has 2 aromatic rings. The molecule has 0 aliphatic heterocycles. The Bertz CT molecular complexity index is 555. The molecule has 0 aliphatic rings. The highest BCUT2D eigenvalue weighted by atomic mass is 16.5. The maximum atomic E-state index is 11.8. The third-order valence-electron chi connectivity index (χ3n) is 2.20. The van der Waals surface area contributed by atoms with Crippen LogP contribution < -0.4 is 10.3 Å². The lowest BCUT2D eigenvalue weighted by Crippen LogP contribution is -2.20. The van der Waals surface area contributed by atoms with E-state index in [9.17, 15) is 4.79 Å². The lowest BCUT2D eigenvalue weighted by atomic mass is 10.4. The van der Waals surface area contributed by atoms with E-state index in [4.69, 9.17) is 4.74 Å². The van der Waals surface area contributed by atoms with Gasteiger partial charge in [-0.25, -0.2) is 0 Å². The third-order valence-corrected chi connectivity index (χ3v) is 2.20. The maximum Gasteiger partial charge on any atom is 0.300 e. The van der Waals surface area contributed by atoms with Gasteiger partial charge in [-0.05, 0) is 6.92 Å². The Balaban J connectivity index is 2.79. The van der Waals surface area contributed by atoms with Crippen LogP contribution in [-0.2, 0) is 14.1 Å². The molecule has 15 heavy (non-hydrogen) atoms. The van der Waals surface area contributed by atoms with Crippen molar-refractivity contribution in [2.75, 3.05) is 6.61 Å². The molecule has 0 bridgehead atoms. The second kappa shape index (κ2) is 3.38. The Morgan fingerprint density at radius 3 is 2.87 bits per heavy atom. The van der Waals surface area contributed by atoms with Gasteiger partial charge < -0.3 is 4.74 Å². The second-order valence-electron chi connectivity index (χ2n) is 3.20. The summed E-state index contributed by atoms with van der Waals surface area (Å²) in [5.41, 5.74) is 0.401. The number of aromatic nitrogens is 4. The van der Waals surface area contributed by atoms with E-state index in [0.29, 0.717) is 23.7 Å². The number of hydrogen-bond donors (Lipinski definition) is 0. The summed E-state index contributed by atoms with van der Waals surface area (Å²) in [5, 5.41) is 4.49. The second-order valence-corrected chi connectivity index (χ2v) is 3.20. The zero-order valence-corrected chi connectivity index (χ0v) is 8.89. The van der Waals surface area contributed by atoms with Gasteiger partial charge in [0, 0.05) is 14.1 Å². The molecule has 0 aromatic carbocycles. The molecule has 0 saturated heterocycles. The highest BCUT2D eigenvalue weighted by Crippen LogP contribution is 2.10. The van der Waals surface area contributed by atoms with E-state index in [1.807, 2.05) is 6.92 Å². The van der Waals surface area contributed by atoms with Crippen molar-refractivity contribution in [2.45, 2.75) is 6.92 Å². The maximum absolute atomic E-state index is 11.8. The molecule has 0 atom stereocenters. The van der Waals surface area contributed by atoms with Crippen LogP contribution in [0.25, 0.3) is 11.0 Å². The van der Waals surface area contributed by atoms with Crippen LogP contribution in [0.15, 0.2) is 11.0 Å². The molecule has 6 heteroatoms. The first-order valence-electron chi connectivity index (χ1n) is 4.66. The van der Waals surface area contributed by atoms with Gasteiger partial charge >= 0.3 is 6.01 Å². The molecule has 2 aromatic heterocycles. The molecule has 0 amide bonds. The van der Waals surface area contributed by atoms with E-state index in [-0.39, 0.29) is 5.56 Å². The summed E-state index contributed by atoms with van der Waals surface area (Å²) in [7, 11) is 3.37. The average molecular weight is 208 g/mol. The predicted molar refractivity (Wildman–Crippen MR) is 54.9 cm³/mol. The number of aryl methyl sites for hydroxylation is 1. The Morgan fingerprint density at radius 2 is 2.20 bits per heavy atom. The predicted octanol–water partition coefficient (Wildman–Crippen LogP) is 0.0657. The average Bonchev–Trinajstić information content (AvgIpc) is 2.57. The minimum atomic E-state index is -0.142. The van der Waals surface area contributed by atoms with Crippen molar-refractivity contribution in [2.24, 2.45) is 14.1 Å². The van der Waals surface area contributed by atoms with Crippen molar-refractivity contribution in [3.8, 4) is 6.01 Å². The quantitative estimate of drug-likeness (QED) is 0.700. The lowest BCUT2D eigenvalue weighted by Gasteiger charge is -2.06. The van der Waals surface area contributed by atoms with Gasteiger partial charge in [-0.2, -0.15) is 10.1 Å². The molecular weight excluding hydrogens is 196 g/mol. The van der Waals surface area contributed by atoms with Crippen LogP contribution in [0, 0.1) is 0 Å². The highest BCUT2D eigenvalue weighted by molar-refractivity contribution is 5.73. The van der Waals surface area contributed by atoms with Crippen LogP contribution >= 0.6 is 0 Å². The lowest BCUT2D eigenvalue weighted by molar-refractivity contribution is 0.297. The zero-order chi connectivity index (χ0) is 11.0. The van der Waals surface area contributed by atoms with Gasteiger partial charge in [0.25, 0.3) is 5.56 Å². The first-order valence-corrected chi connectivity index (χ1v) is 4.66. The van der Waals surface area contributed by atoms with Crippen molar-refractivity contribution in [3.05, 3.63) is 16.6 Å². The molecule has 0 fully saturated rings. The standard InChI is InChI=1S/C9H12N4O2/c1-4-15-9-11-7-6(5-10-13(7)3)8(14)12(9)2/h5H,4H2,1-3H3. The molecule has 0 N–H and O–H groups in total. The number of ether oxygens (including phenoxy) is 1. The van der Waals surface area contributed by atoms with E-state index in [1.54, 1.807) is 18.8 Å². The molecule has 0 unspecified atom stereocenters. The Kier molecular flexibility index (Phi) is 2.18. The fourth-order valence-electron chi connectivity index (χ4n) is 1.41.